The first kappa shape index (κ1) is 15.3. The molecular weight excluding hydrogens is 314 g/mol. The van der Waals surface area contributed by atoms with E-state index in [4.69, 9.17) is 0 Å². The van der Waals surface area contributed by atoms with Crippen molar-refractivity contribution in [2.24, 2.45) is 7.05 Å². The number of nitrogens with one attached hydrogen (secondary N) is 1. The molecule has 1 aromatic carbocycles. The van der Waals surface area contributed by atoms with Crippen molar-refractivity contribution in [2.45, 2.75) is 32.7 Å². The lowest BCUT2D eigenvalue weighted by atomic mass is 10.0. The van der Waals surface area contributed by atoms with Crippen LogP contribution in [0.3, 0.4) is 0 Å². The molecule has 0 saturated heterocycles. The van der Waals surface area contributed by atoms with E-state index in [9.17, 15) is 0 Å². The van der Waals surface area contributed by atoms with Gasteiger partial charge in [0, 0.05) is 36.4 Å². The van der Waals surface area contributed by atoms with Crippen LogP contribution in [0.2, 0.25) is 0 Å². The molecule has 1 aromatic heterocycles. The lowest BCUT2D eigenvalue weighted by molar-refractivity contribution is 0.511. The molecule has 1 heterocycles. The third kappa shape index (κ3) is 3.70. The predicted octanol–water partition coefficient (Wildman–Crippen LogP) is 3.77. The van der Waals surface area contributed by atoms with Gasteiger partial charge in [-0.1, -0.05) is 35.0 Å². The van der Waals surface area contributed by atoms with Crippen LogP contribution in [0.15, 0.2) is 35.1 Å². The first-order valence-electron chi connectivity index (χ1n) is 7.07. The highest BCUT2D eigenvalue weighted by molar-refractivity contribution is 9.10. The average molecular weight is 336 g/mol. The molecule has 1 atom stereocenters. The second-order valence-corrected chi connectivity index (χ2v) is 6.03. The standard InChI is InChI=1S/C16H22BrN3/c1-4-7-18-15(11-16-19-8-9-20(16)3)13-5-6-14(17)12(2)10-13/h5-6,8-10,15,18H,4,7,11H2,1-3H3. The van der Waals surface area contributed by atoms with Gasteiger partial charge in [-0.3, -0.25) is 0 Å². The average Bonchev–Trinajstić information content (AvgIpc) is 2.83. The van der Waals surface area contributed by atoms with Gasteiger partial charge in [0.2, 0.25) is 0 Å². The fourth-order valence-corrected chi connectivity index (χ4v) is 2.53. The molecule has 0 aliphatic heterocycles. The molecule has 0 radical (unpaired) electrons. The van der Waals surface area contributed by atoms with Gasteiger partial charge < -0.3 is 9.88 Å². The highest BCUT2D eigenvalue weighted by Crippen LogP contribution is 2.23. The molecule has 0 aliphatic rings. The molecule has 1 N–H and O–H groups in total. The molecule has 20 heavy (non-hydrogen) atoms. The second kappa shape index (κ2) is 7.04. The lowest BCUT2D eigenvalue weighted by Gasteiger charge is -2.19. The largest absolute Gasteiger partial charge is 0.338 e. The Morgan fingerprint density at radius 2 is 2.20 bits per heavy atom. The number of rotatable bonds is 6. The molecule has 2 aromatic rings. The Hall–Kier alpha value is -1.13. The molecular formula is C16H22BrN3. The van der Waals surface area contributed by atoms with Crippen molar-refractivity contribution >= 4 is 15.9 Å². The van der Waals surface area contributed by atoms with Gasteiger partial charge in [-0.2, -0.15) is 0 Å². The van der Waals surface area contributed by atoms with Gasteiger partial charge in [-0.15, -0.1) is 0 Å². The summed E-state index contributed by atoms with van der Waals surface area (Å²) < 4.78 is 3.25. The molecule has 0 spiro atoms. The van der Waals surface area contributed by atoms with E-state index >= 15 is 0 Å². The topological polar surface area (TPSA) is 29.9 Å². The molecule has 4 heteroatoms. The normalized spacial score (nSPS) is 12.6. The summed E-state index contributed by atoms with van der Waals surface area (Å²) in [7, 11) is 2.05. The van der Waals surface area contributed by atoms with Crippen LogP contribution in [0.1, 0.15) is 36.3 Å². The molecule has 3 nitrogen and oxygen atoms in total. The first-order chi connectivity index (χ1) is 9.61. The maximum atomic E-state index is 4.44. The Morgan fingerprint density at radius 3 is 2.80 bits per heavy atom. The van der Waals surface area contributed by atoms with E-state index in [2.05, 4.69) is 62.8 Å². The minimum atomic E-state index is 0.308. The van der Waals surface area contributed by atoms with Crippen LogP contribution in [-0.2, 0) is 13.5 Å². The van der Waals surface area contributed by atoms with Gasteiger partial charge in [-0.05, 0) is 37.1 Å². The van der Waals surface area contributed by atoms with E-state index < -0.39 is 0 Å². The van der Waals surface area contributed by atoms with E-state index in [1.54, 1.807) is 0 Å². The monoisotopic (exact) mass is 335 g/mol. The van der Waals surface area contributed by atoms with Gasteiger partial charge in [0.05, 0.1) is 0 Å². The first-order valence-corrected chi connectivity index (χ1v) is 7.86. The third-order valence-electron chi connectivity index (χ3n) is 3.53. The molecule has 2 rings (SSSR count). The molecule has 0 bridgehead atoms. The van der Waals surface area contributed by atoms with Crippen molar-refractivity contribution in [3.05, 3.63) is 52.0 Å². The summed E-state index contributed by atoms with van der Waals surface area (Å²) in [5.41, 5.74) is 2.59. The van der Waals surface area contributed by atoms with Crippen LogP contribution < -0.4 is 5.32 Å². The Morgan fingerprint density at radius 1 is 1.40 bits per heavy atom. The summed E-state index contributed by atoms with van der Waals surface area (Å²) in [4.78, 5) is 4.44. The predicted molar refractivity (Wildman–Crippen MR) is 86.8 cm³/mol. The van der Waals surface area contributed by atoms with E-state index in [0.717, 1.165) is 29.7 Å². The van der Waals surface area contributed by atoms with Crippen molar-refractivity contribution in [3.63, 3.8) is 0 Å². The van der Waals surface area contributed by atoms with Crippen LogP contribution in [0, 0.1) is 6.92 Å². The summed E-state index contributed by atoms with van der Waals surface area (Å²) in [6.07, 6.45) is 5.90. The van der Waals surface area contributed by atoms with E-state index in [0.29, 0.717) is 6.04 Å². The van der Waals surface area contributed by atoms with Crippen molar-refractivity contribution in [2.75, 3.05) is 6.54 Å². The van der Waals surface area contributed by atoms with Crippen LogP contribution in [0.5, 0.6) is 0 Å². The quantitative estimate of drug-likeness (QED) is 0.870. The number of aromatic nitrogens is 2. The van der Waals surface area contributed by atoms with Crippen molar-refractivity contribution in [3.8, 4) is 0 Å². The molecule has 0 aliphatic carbocycles. The number of hydrogen-bond acceptors (Lipinski definition) is 2. The Labute approximate surface area is 129 Å². The summed E-state index contributed by atoms with van der Waals surface area (Å²) in [5, 5.41) is 3.63. The molecule has 0 amide bonds. The number of halogens is 1. The van der Waals surface area contributed by atoms with Gasteiger partial charge in [0.25, 0.3) is 0 Å². The maximum absolute atomic E-state index is 4.44. The summed E-state index contributed by atoms with van der Waals surface area (Å²) in [5.74, 6) is 1.11. The lowest BCUT2D eigenvalue weighted by Crippen LogP contribution is -2.25. The number of nitrogens with zero attached hydrogens (tertiary/aromatic N) is 2. The summed E-state index contributed by atoms with van der Waals surface area (Å²) in [6, 6.07) is 6.88. The van der Waals surface area contributed by atoms with E-state index in [1.165, 1.54) is 11.1 Å². The molecule has 0 fully saturated rings. The van der Waals surface area contributed by atoms with Crippen LogP contribution in [-0.4, -0.2) is 16.1 Å². The van der Waals surface area contributed by atoms with Crippen molar-refractivity contribution in [1.29, 1.82) is 0 Å². The minimum absolute atomic E-state index is 0.308. The van der Waals surface area contributed by atoms with Gasteiger partial charge >= 0.3 is 0 Å². The zero-order valence-electron chi connectivity index (χ0n) is 12.4. The SMILES string of the molecule is CCCNC(Cc1nccn1C)c1ccc(Br)c(C)c1. The van der Waals surface area contributed by atoms with Crippen LogP contribution in [0.4, 0.5) is 0 Å². The number of aryl methyl sites for hydroxylation is 2. The van der Waals surface area contributed by atoms with Crippen molar-refractivity contribution < 1.29 is 0 Å². The van der Waals surface area contributed by atoms with E-state index in [1.807, 2.05) is 19.4 Å². The number of benzene rings is 1. The van der Waals surface area contributed by atoms with Gasteiger partial charge in [-0.25, -0.2) is 4.98 Å². The van der Waals surface area contributed by atoms with Gasteiger partial charge in [0.15, 0.2) is 0 Å². The Balaban J connectivity index is 2.22. The Bertz CT molecular complexity index is 563. The smallest absolute Gasteiger partial charge is 0.110 e. The minimum Gasteiger partial charge on any atom is -0.338 e. The third-order valence-corrected chi connectivity index (χ3v) is 4.42. The van der Waals surface area contributed by atoms with Crippen molar-refractivity contribution in [1.82, 2.24) is 14.9 Å². The number of imidazole rings is 1. The maximum Gasteiger partial charge on any atom is 0.110 e. The fraction of sp³-hybridized carbons (Fsp3) is 0.438. The second-order valence-electron chi connectivity index (χ2n) is 5.17. The molecule has 108 valence electrons. The number of hydrogen-bond donors (Lipinski definition) is 1. The molecule has 0 saturated carbocycles. The fourth-order valence-electron chi connectivity index (χ4n) is 2.29. The zero-order chi connectivity index (χ0) is 14.5. The zero-order valence-corrected chi connectivity index (χ0v) is 13.9. The summed E-state index contributed by atoms with van der Waals surface area (Å²) in [6.45, 7) is 5.34. The van der Waals surface area contributed by atoms with E-state index in [-0.39, 0.29) is 0 Å². The molecule has 1 unspecified atom stereocenters. The van der Waals surface area contributed by atoms with Crippen LogP contribution in [0.25, 0.3) is 0 Å². The van der Waals surface area contributed by atoms with Gasteiger partial charge in [0.1, 0.15) is 5.82 Å². The Kier molecular flexibility index (Phi) is 5.38. The highest BCUT2D eigenvalue weighted by atomic mass is 79.9. The highest BCUT2D eigenvalue weighted by Gasteiger charge is 2.14. The van der Waals surface area contributed by atoms with Crippen LogP contribution >= 0.6 is 15.9 Å². The summed E-state index contributed by atoms with van der Waals surface area (Å²) >= 11 is 3.57.